The highest BCUT2D eigenvalue weighted by molar-refractivity contribution is 6.23. The van der Waals surface area contributed by atoms with Gasteiger partial charge in [-0.05, 0) is 55.5 Å². The van der Waals surface area contributed by atoms with E-state index in [-0.39, 0.29) is 41.0 Å². The number of nitrogens with one attached hydrogen (secondary N) is 1. The molecule has 3 aliphatic rings. The molecule has 0 unspecified atom stereocenters. The molecule has 0 aromatic heterocycles. The van der Waals surface area contributed by atoms with Gasteiger partial charge in [0.2, 0.25) is 11.8 Å². The molecule has 1 saturated heterocycles. The highest BCUT2D eigenvalue weighted by Crippen LogP contribution is 2.53. The van der Waals surface area contributed by atoms with Gasteiger partial charge in [0.25, 0.3) is 5.91 Å². The van der Waals surface area contributed by atoms with Crippen LogP contribution < -0.4 is 15.0 Å². The second-order valence-corrected chi connectivity index (χ2v) is 8.62. The molecule has 2 aliphatic carbocycles. The monoisotopic (exact) mass is 460 g/mol. The summed E-state index contributed by atoms with van der Waals surface area (Å²) in [4.78, 5) is 52.1. The van der Waals surface area contributed by atoms with Crippen molar-refractivity contribution >= 4 is 35.1 Å². The van der Waals surface area contributed by atoms with Crippen molar-refractivity contribution in [1.82, 2.24) is 0 Å². The van der Waals surface area contributed by atoms with Crippen molar-refractivity contribution in [3.63, 3.8) is 0 Å². The second kappa shape index (κ2) is 8.78. The Morgan fingerprint density at radius 3 is 2.41 bits per heavy atom. The van der Waals surface area contributed by atoms with E-state index < -0.39 is 18.5 Å². The molecule has 1 N–H and O–H groups in total. The Kier molecular flexibility index (Phi) is 5.65. The van der Waals surface area contributed by atoms with E-state index in [1.807, 2.05) is 19.1 Å². The second-order valence-electron chi connectivity index (χ2n) is 8.62. The highest BCUT2D eigenvalue weighted by Gasteiger charge is 2.59. The standard InChI is InChI=1S/C26H24N2O6/c1-2-33-20-9-4-3-8-19(20)27-21(29)14-34-26(32)17-6-5-7-18(13-17)28-24(30)22-15-10-11-16(12-15)23(22)25(28)31/h3-11,13,15-16,22-23H,2,12,14H2,1H3,(H,27,29)/t15-,16-,22-,23-/m0/s1. The summed E-state index contributed by atoms with van der Waals surface area (Å²) < 4.78 is 10.6. The summed E-state index contributed by atoms with van der Waals surface area (Å²) in [5.74, 6) is -1.58. The molecule has 2 bridgehead atoms. The molecule has 1 heterocycles. The average Bonchev–Trinajstić information content (AvgIpc) is 3.52. The third-order valence-electron chi connectivity index (χ3n) is 6.61. The lowest BCUT2D eigenvalue weighted by atomic mass is 9.85. The number of benzene rings is 2. The first-order chi connectivity index (χ1) is 16.5. The Hall–Kier alpha value is -3.94. The van der Waals surface area contributed by atoms with Crippen LogP contribution in [0.3, 0.4) is 0 Å². The molecule has 2 aromatic rings. The van der Waals surface area contributed by atoms with E-state index in [2.05, 4.69) is 5.32 Å². The van der Waals surface area contributed by atoms with Gasteiger partial charge in [0.05, 0.1) is 35.4 Å². The zero-order valence-corrected chi connectivity index (χ0v) is 18.6. The van der Waals surface area contributed by atoms with E-state index in [4.69, 9.17) is 9.47 Å². The number of hydrogen-bond acceptors (Lipinski definition) is 6. The minimum absolute atomic E-state index is 0.107. The first-order valence-electron chi connectivity index (χ1n) is 11.3. The van der Waals surface area contributed by atoms with E-state index in [0.29, 0.717) is 23.7 Å². The molecular weight excluding hydrogens is 436 g/mol. The number of fused-ring (bicyclic) bond motifs is 5. The SMILES string of the molecule is CCOc1ccccc1NC(=O)COC(=O)c1cccc(N2C(=O)[C@@H]3[C@@H](C2=O)[C@H]2C=C[C@H]3C2)c1. The normalized spacial score (nSPS) is 24.3. The van der Waals surface area contributed by atoms with E-state index in [1.165, 1.54) is 17.0 Å². The Bertz CT molecular complexity index is 1180. The van der Waals surface area contributed by atoms with Crippen LogP contribution in [0.25, 0.3) is 0 Å². The van der Waals surface area contributed by atoms with Gasteiger partial charge in [-0.15, -0.1) is 0 Å². The fraction of sp³-hybridized carbons (Fsp3) is 0.308. The molecule has 8 heteroatoms. The van der Waals surface area contributed by atoms with Crippen molar-refractivity contribution in [3.05, 3.63) is 66.2 Å². The van der Waals surface area contributed by atoms with Crippen molar-refractivity contribution in [2.45, 2.75) is 13.3 Å². The Morgan fingerprint density at radius 2 is 1.71 bits per heavy atom. The van der Waals surface area contributed by atoms with Crippen molar-refractivity contribution < 1.29 is 28.7 Å². The van der Waals surface area contributed by atoms with Crippen LogP contribution in [0.4, 0.5) is 11.4 Å². The van der Waals surface area contributed by atoms with Crippen LogP contribution >= 0.6 is 0 Å². The Morgan fingerprint density at radius 1 is 1.00 bits per heavy atom. The number of carbonyl (C=O) groups excluding carboxylic acids is 4. The lowest BCUT2D eigenvalue weighted by Gasteiger charge is -2.18. The van der Waals surface area contributed by atoms with Gasteiger partial charge in [-0.1, -0.05) is 30.4 Å². The summed E-state index contributed by atoms with van der Waals surface area (Å²) in [6.45, 7) is 1.79. The van der Waals surface area contributed by atoms with Crippen molar-refractivity contribution in [1.29, 1.82) is 0 Å². The van der Waals surface area contributed by atoms with Gasteiger partial charge in [0, 0.05) is 0 Å². The summed E-state index contributed by atoms with van der Waals surface area (Å²) >= 11 is 0. The number of imide groups is 1. The van der Waals surface area contributed by atoms with Crippen molar-refractivity contribution in [2.75, 3.05) is 23.4 Å². The molecule has 34 heavy (non-hydrogen) atoms. The molecule has 4 atom stereocenters. The maximum atomic E-state index is 13.0. The molecule has 2 fully saturated rings. The smallest absolute Gasteiger partial charge is 0.338 e. The molecule has 0 radical (unpaired) electrons. The van der Waals surface area contributed by atoms with Gasteiger partial charge in [0.15, 0.2) is 6.61 Å². The van der Waals surface area contributed by atoms with E-state index in [0.717, 1.165) is 6.42 Å². The van der Waals surface area contributed by atoms with Gasteiger partial charge in [-0.25, -0.2) is 9.69 Å². The molecular formula is C26H24N2O6. The van der Waals surface area contributed by atoms with Crippen LogP contribution in [0.15, 0.2) is 60.7 Å². The third kappa shape index (κ3) is 3.75. The topological polar surface area (TPSA) is 102 Å². The summed E-state index contributed by atoms with van der Waals surface area (Å²) in [5.41, 5.74) is 0.972. The quantitative estimate of drug-likeness (QED) is 0.387. The van der Waals surface area contributed by atoms with E-state index in [9.17, 15) is 19.2 Å². The average molecular weight is 460 g/mol. The lowest BCUT2D eigenvalue weighted by Crippen LogP contribution is -2.33. The molecule has 8 nitrogen and oxygen atoms in total. The number of para-hydroxylation sites is 2. The van der Waals surface area contributed by atoms with Crippen LogP contribution in [0.5, 0.6) is 5.75 Å². The number of anilines is 2. The van der Waals surface area contributed by atoms with Gasteiger partial charge >= 0.3 is 5.97 Å². The molecule has 0 spiro atoms. The largest absolute Gasteiger partial charge is 0.492 e. The van der Waals surface area contributed by atoms with E-state index >= 15 is 0 Å². The number of nitrogens with zero attached hydrogens (tertiary/aromatic N) is 1. The molecule has 1 saturated carbocycles. The van der Waals surface area contributed by atoms with Gasteiger partial charge in [-0.2, -0.15) is 0 Å². The van der Waals surface area contributed by atoms with E-state index in [1.54, 1.807) is 36.4 Å². The Balaban J connectivity index is 1.24. The highest BCUT2D eigenvalue weighted by atomic mass is 16.5. The zero-order chi connectivity index (χ0) is 23.8. The molecule has 5 rings (SSSR count). The van der Waals surface area contributed by atoms with Gasteiger partial charge < -0.3 is 14.8 Å². The maximum Gasteiger partial charge on any atom is 0.338 e. The number of esters is 1. The summed E-state index contributed by atoms with van der Waals surface area (Å²) in [7, 11) is 0. The van der Waals surface area contributed by atoms with Crippen molar-refractivity contribution in [3.8, 4) is 5.75 Å². The minimum Gasteiger partial charge on any atom is -0.492 e. The van der Waals surface area contributed by atoms with Crippen LogP contribution in [0.1, 0.15) is 23.7 Å². The minimum atomic E-state index is -0.726. The molecule has 1 aliphatic heterocycles. The first kappa shape index (κ1) is 21.9. The van der Waals surface area contributed by atoms with Gasteiger partial charge in [0.1, 0.15) is 5.75 Å². The fourth-order valence-electron chi connectivity index (χ4n) is 5.18. The van der Waals surface area contributed by atoms with Crippen LogP contribution in [-0.4, -0.2) is 36.9 Å². The Labute approximate surface area is 196 Å². The lowest BCUT2D eigenvalue weighted by molar-refractivity contribution is -0.123. The predicted molar refractivity (Wildman–Crippen MR) is 123 cm³/mol. The zero-order valence-electron chi connectivity index (χ0n) is 18.6. The van der Waals surface area contributed by atoms with Crippen LogP contribution in [-0.2, 0) is 19.1 Å². The number of carbonyl (C=O) groups is 4. The molecule has 3 amide bonds. The predicted octanol–water partition coefficient (Wildman–Crippen LogP) is 3.19. The third-order valence-corrected chi connectivity index (χ3v) is 6.61. The summed E-state index contributed by atoms with van der Waals surface area (Å²) in [5, 5.41) is 2.66. The molecule has 174 valence electrons. The van der Waals surface area contributed by atoms with Crippen LogP contribution in [0.2, 0.25) is 0 Å². The number of ether oxygens (including phenoxy) is 2. The van der Waals surface area contributed by atoms with Crippen LogP contribution in [0, 0.1) is 23.7 Å². The molecule has 2 aromatic carbocycles. The first-order valence-corrected chi connectivity index (χ1v) is 11.3. The van der Waals surface area contributed by atoms with Crippen molar-refractivity contribution in [2.24, 2.45) is 23.7 Å². The summed E-state index contributed by atoms with van der Waals surface area (Å²) in [6.07, 6.45) is 4.92. The van der Waals surface area contributed by atoms with Gasteiger partial charge in [-0.3, -0.25) is 14.4 Å². The summed E-state index contributed by atoms with van der Waals surface area (Å²) in [6, 6.07) is 13.2. The number of hydrogen-bond donors (Lipinski definition) is 1. The number of amides is 3. The maximum absolute atomic E-state index is 13.0. The number of rotatable bonds is 7. The fourth-order valence-corrected chi connectivity index (χ4v) is 5.18. The number of allylic oxidation sites excluding steroid dienone is 2.